The third kappa shape index (κ3) is 3.95. The highest BCUT2D eigenvalue weighted by molar-refractivity contribution is 5.84. The molecule has 1 aliphatic rings. The minimum atomic E-state index is -1.08. The highest BCUT2D eigenvalue weighted by Crippen LogP contribution is 2.40. The van der Waals surface area contributed by atoms with Gasteiger partial charge in [-0.1, -0.05) is 0 Å². The molecule has 1 rings (SSSR count). The Morgan fingerprint density at radius 1 is 1.29 bits per heavy atom. The van der Waals surface area contributed by atoms with E-state index in [1.54, 1.807) is 34.7 Å². The van der Waals surface area contributed by atoms with Gasteiger partial charge in [0.1, 0.15) is 11.4 Å². The van der Waals surface area contributed by atoms with Crippen LogP contribution in [-0.2, 0) is 14.3 Å². The number of rotatable bonds is 3. The molecule has 0 aliphatic heterocycles. The van der Waals surface area contributed by atoms with Gasteiger partial charge in [-0.3, -0.25) is 9.59 Å². The van der Waals surface area contributed by atoms with E-state index < -0.39 is 29.1 Å². The van der Waals surface area contributed by atoms with Crippen molar-refractivity contribution in [3.05, 3.63) is 0 Å². The van der Waals surface area contributed by atoms with Gasteiger partial charge in [0.15, 0.2) is 0 Å². The molecule has 1 amide bonds. The second kappa shape index (κ2) is 6.03. The molecule has 1 atom stereocenters. The Kier molecular flexibility index (Phi) is 5.02. The molecule has 120 valence electrons. The number of hydrogen-bond donors (Lipinski definition) is 1. The Labute approximate surface area is 125 Å². The number of amides is 1. The Morgan fingerprint density at radius 2 is 1.76 bits per heavy atom. The second-order valence-electron chi connectivity index (χ2n) is 6.77. The van der Waals surface area contributed by atoms with Crippen molar-refractivity contribution in [1.82, 2.24) is 4.90 Å². The summed E-state index contributed by atoms with van der Waals surface area (Å²) in [5.41, 5.74) is -1.72. The standard InChI is InChI=1S/C15H25NO5/c1-10(16(5)13(20)21-14(2,3)4)15(12(18)19)8-6-11(17)7-9-15/h10H,6-9H2,1-5H3,(H,18,19). The minimum Gasteiger partial charge on any atom is -0.481 e. The fraction of sp³-hybridized carbons (Fsp3) is 0.800. The molecule has 0 aromatic heterocycles. The number of Topliss-reactive ketones (excluding diaryl/α,β-unsaturated/α-hetero) is 1. The molecular formula is C15H25NO5. The van der Waals surface area contributed by atoms with Gasteiger partial charge in [0.2, 0.25) is 0 Å². The van der Waals surface area contributed by atoms with Crippen molar-refractivity contribution in [2.75, 3.05) is 7.05 Å². The van der Waals surface area contributed by atoms with Crippen LogP contribution in [-0.4, -0.2) is 46.5 Å². The van der Waals surface area contributed by atoms with Crippen molar-refractivity contribution in [1.29, 1.82) is 0 Å². The summed E-state index contributed by atoms with van der Waals surface area (Å²) in [4.78, 5) is 36.6. The Bertz CT molecular complexity index is 428. The molecule has 6 heteroatoms. The summed E-state index contributed by atoms with van der Waals surface area (Å²) in [6.45, 7) is 6.98. The third-order valence-corrected chi connectivity index (χ3v) is 4.19. The summed E-state index contributed by atoms with van der Waals surface area (Å²) < 4.78 is 5.28. The molecule has 0 aromatic carbocycles. The molecule has 0 radical (unpaired) electrons. The Morgan fingerprint density at radius 3 is 2.14 bits per heavy atom. The molecule has 0 heterocycles. The van der Waals surface area contributed by atoms with E-state index in [4.69, 9.17) is 4.74 Å². The maximum atomic E-state index is 12.1. The lowest BCUT2D eigenvalue weighted by molar-refractivity contribution is -0.156. The van der Waals surface area contributed by atoms with Crippen molar-refractivity contribution >= 4 is 17.8 Å². The van der Waals surface area contributed by atoms with Crippen molar-refractivity contribution < 1.29 is 24.2 Å². The molecule has 6 nitrogen and oxygen atoms in total. The zero-order valence-electron chi connectivity index (χ0n) is 13.4. The zero-order chi connectivity index (χ0) is 16.4. The SMILES string of the molecule is CC(N(C)C(=O)OC(C)(C)C)C1(C(=O)O)CCC(=O)CC1. The summed E-state index contributed by atoms with van der Waals surface area (Å²) in [6, 6.07) is -0.544. The number of ether oxygens (including phenoxy) is 1. The molecule has 1 unspecified atom stereocenters. The van der Waals surface area contributed by atoms with Crippen LogP contribution in [0.4, 0.5) is 4.79 Å². The third-order valence-electron chi connectivity index (χ3n) is 4.19. The molecule has 21 heavy (non-hydrogen) atoms. The lowest BCUT2D eigenvalue weighted by atomic mass is 9.69. The topological polar surface area (TPSA) is 83.9 Å². The molecule has 1 aliphatic carbocycles. The molecule has 0 spiro atoms. The number of hydrogen-bond acceptors (Lipinski definition) is 4. The Balaban J connectivity index is 2.91. The van der Waals surface area contributed by atoms with Gasteiger partial charge in [0, 0.05) is 25.9 Å². The van der Waals surface area contributed by atoms with E-state index in [2.05, 4.69) is 0 Å². The van der Waals surface area contributed by atoms with Crippen LogP contribution >= 0.6 is 0 Å². The molecule has 1 N–H and O–H groups in total. The van der Waals surface area contributed by atoms with Crippen LogP contribution in [0.5, 0.6) is 0 Å². The van der Waals surface area contributed by atoms with E-state index in [1.165, 1.54) is 4.90 Å². The minimum absolute atomic E-state index is 0.0824. The zero-order valence-corrected chi connectivity index (χ0v) is 13.4. The van der Waals surface area contributed by atoms with Crippen molar-refractivity contribution in [2.45, 2.75) is 65.0 Å². The highest BCUT2D eigenvalue weighted by atomic mass is 16.6. The maximum absolute atomic E-state index is 12.1. The summed E-state index contributed by atoms with van der Waals surface area (Å²) in [6.07, 6.45) is 0.468. The summed E-state index contributed by atoms with van der Waals surface area (Å²) >= 11 is 0. The first kappa shape index (κ1) is 17.5. The van der Waals surface area contributed by atoms with Gasteiger partial charge in [-0.25, -0.2) is 4.79 Å². The average molecular weight is 299 g/mol. The first-order valence-corrected chi connectivity index (χ1v) is 7.20. The van der Waals surface area contributed by atoms with Gasteiger partial charge in [-0.05, 0) is 40.5 Å². The number of carbonyl (C=O) groups is 3. The molecule has 0 aromatic rings. The van der Waals surface area contributed by atoms with Gasteiger partial charge in [0.25, 0.3) is 0 Å². The molecule has 1 saturated carbocycles. The quantitative estimate of drug-likeness (QED) is 0.865. The monoisotopic (exact) mass is 299 g/mol. The number of carboxylic acids is 1. The van der Waals surface area contributed by atoms with Crippen LogP contribution in [0.15, 0.2) is 0 Å². The van der Waals surface area contributed by atoms with Crippen LogP contribution in [0.2, 0.25) is 0 Å². The van der Waals surface area contributed by atoms with Crippen LogP contribution in [0.25, 0.3) is 0 Å². The van der Waals surface area contributed by atoms with Crippen molar-refractivity contribution in [2.24, 2.45) is 5.41 Å². The molecular weight excluding hydrogens is 274 g/mol. The predicted molar refractivity (Wildman–Crippen MR) is 77.0 cm³/mol. The van der Waals surface area contributed by atoms with Crippen LogP contribution in [0.1, 0.15) is 53.4 Å². The largest absolute Gasteiger partial charge is 0.481 e. The normalized spacial score (nSPS) is 19.8. The maximum Gasteiger partial charge on any atom is 0.410 e. The van der Waals surface area contributed by atoms with Crippen LogP contribution < -0.4 is 0 Å². The van der Waals surface area contributed by atoms with Gasteiger partial charge in [-0.2, -0.15) is 0 Å². The van der Waals surface area contributed by atoms with Gasteiger partial charge >= 0.3 is 12.1 Å². The summed E-state index contributed by atoms with van der Waals surface area (Å²) in [5, 5.41) is 9.62. The Hall–Kier alpha value is -1.59. The number of aliphatic carboxylic acids is 1. The molecule has 0 saturated heterocycles. The lowest BCUT2D eigenvalue weighted by Gasteiger charge is -2.42. The van der Waals surface area contributed by atoms with E-state index in [1.807, 2.05) is 0 Å². The van der Waals surface area contributed by atoms with Gasteiger partial charge < -0.3 is 14.7 Å². The van der Waals surface area contributed by atoms with E-state index in [9.17, 15) is 19.5 Å². The smallest absolute Gasteiger partial charge is 0.410 e. The first-order chi connectivity index (χ1) is 9.49. The summed E-state index contributed by atoms with van der Waals surface area (Å²) in [7, 11) is 1.54. The van der Waals surface area contributed by atoms with E-state index in [-0.39, 0.29) is 31.5 Å². The van der Waals surface area contributed by atoms with Gasteiger partial charge in [0.05, 0.1) is 5.41 Å². The number of carboxylic acid groups (broad SMARTS) is 1. The van der Waals surface area contributed by atoms with Crippen LogP contribution in [0.3, 0.4) is 0 Å². The first-order valence-electron chi connectivity index (χ1n) is 7.20. The molecule has 1 fully saturated rings. The predicted octanol–water partition coefficient (Wildman–Crippen LogP) is 2.46. The fourth-order valence-electron chi connectivity index (χ4n) is 2.65. The average Bonchev–Trinajstić information content (AvgIpc) is 2.35. The second-order valence-corrected chi connectivity index (χ2v) is 6.77. The van der Waals surface area contributed by atoms with Gasteiger partial charge in [-0.15, -0.1) is 0 Å². The lowest BCUT2D eigenvalue weighted by Crippen LogP contribution is -2.53. The summed E-state index contributed by atoms with van der Waals surface area (Å²) in [5.74, 6) is -0.878. The highest BCUT2D eigenvalue weighted by Gasteiger charge is 2.49. The van der Waals surface area contributed by atoms with Crippen LogP contribution in [0, 0.1) is 5.41 Å². The van der Waals surface area contributed by atoms with E-state index in [0.717, 1.165) is 0 Å². The number of nitrogens with zero attached hydrogens (tertiary/aromatic N) is 1. The van der Waals surface area contributed by atoms with Crippen molar-refractivity contribution in [3.8, 4) is 0 Å². The van der Waals surface area contributed by atoms with E-state index in [0.29, 0.717) is 0 Å². The number of carbonyl (C=O) groups excluding carboxylic acids is 2. The van der Waals surface area contributed by atoms with E-state index >= 15 is 0 Å². The number of ketones is 1. The molecule has 0 bridgehead atoms. The van der Waals surface area contributed by atoms with Crippen molar-refractivity contribution in [3.63, 3.8) is 0 Å². The fourth-order valence-corrected chi connectivity index (χ4v) is 2.65.